The van der Waals surface area contributed by atoms with Gasteiger partial charge in [-0.25, -0.2) is 9.13 Å². The predicted octanol–water partition coefficient (Wildman–Crippen LogP) is 23.5. The Morgan fingerprint density at radius 2 is 0.469 bits per heavy atom. The lowest BCUT2D eigenvalue weighted by Gasteiger charge is -2.21. The van der Waals surface area contributed by atoms with Crippen LogP contribution in [-0.2, 0) is 65.4 Å². The Kier molecular flexibility index (Phi) is 69.3. The second-order valence-electron chi connectivity index (χ2n) is 29.4. The summed E-state index contributed by atoms with van der Waals surface area (Å²) in [6, 6.07) is 0. The first-order valence-electron chi connectivity index (χ1n) is 41.0. The summed E-state index contributed by atoms with van der Waals surface area (Å²) in [7, 11) is -9.91. The number of hydrogen-bond acceptors (Lipinski definition) is 15. The molecule has 0 aliphatic rings. The quantitative estimate of drug-likeness (QED) is 0.0222. The molecule has 0 aromatic carbocycles. The van der Waals surface area contributed by atoms with E-state index in [1.54, 1.807) is 0 Å². The largest absolute Gasteiger partial charge is 0.472 e. The number of ether oxygens (including phenoxy) is 4. The first-order valence-corrected chi connectivity index (χ1v) is 44.0. The second-order valence-corrected chi connectivity index (χ2v) is 32.3. The van der Waals surface area contributed by atoms with Gasteiger partial charge < -0.3 is 33.8 Å². The van der Waals surface area contributed by atoms with Crippen molar-refractivity contribution < 1.29 is 80.2 Å². The van der Waals surface area contributed by atoms with Gasteiger partial charge in [0.25, 0.3) is 0 Å². The van der Waals surface area contributed by atoms with Gasteiger partial charge in [0.15, 0.2) is 12.2 Å². The maximum atomic E-state index is 13.1. The normalized spacial score (nSPS) is 13.9. The van der Waals surface area contributed by atoms with E-state index in [0.29, 0.717) is 31.6 Å². The summed E-state index contributed by atoms with van der Waals surface area (Å²) in [5, 5.41) is 10.6. The molecule has 582 valence electrons. The minimum Gasteiger partial charge on any atom is -0.462 e. The average molecular weight is 1440 g/mol. The zero-order valence-corrected chi connectivity index (χ0v) is 65.9. The van der Waals surface area contributed by atoms with Gasteiger partial charge in [0, 0.05) is 25.7 Å². The summed E-state index contributed by atoms with van der Waals surface area (Å²) in [5.74, 6) is -0.623. The van der Waals surface area contributed by atoms with Gasteiger partial charge in [0.1, 0.15) is 19.3 Å². The molecule has 0 spiro atoms. The third kappa shape index (κ3) is 72.4. The molecule has 0 aromatic rings. The number of aliphatic hydroxyl groups is 1. The summed E-state index contributed by atoms with van der Waals surface area (Å²) >= 11 is 0. The first kappa shape index (κ1) is 96.1. The molecule has 19 heteroatoms. The summed E-state index contributed by atoms with van der Waals surface area (Å²) in [6.45, 7) is 9.57. The number of carbonyl (C=O) groups excluding carboxylic acids is 4. The van der Waals surface area contributed by atoms with Crippen LogP contribution < -0.4 is 0 Å². The molecule has 0 bridgehead atoms. The van der Waals surface area contributed by atoms with Crippen molar-refractivity contribution in [2.45, 2.75) is 432 Å². The van der Waals surface area contributed by atoms with Crippen LogP contribution in [0.1, 0.15) is 414 Å². The topological polar surface area (TPSA) is 237 Å². The molecule has 0 amide bonds. The molecule has 0 fully saturated rings. The van der Waals surface area contributed by atoms with E-state index in [1.807, 2.05) is 0 Å². The van der Waals surface area contributed by atoms with Crippen LogP contribution >= 0.6 is 15.6 Å². The van der Waals surface area contributed by atoms with Gasteiger partial charge in [0.05, 0.1) is 26.4 Å². The molecule has 2 unspecified atom stereocenters. The number of carbonyl (C=O) groups is 4. The lowest BCUT2D eigenvalue weighted by Crippen LogP contribution is -2.30. The number of phosphoric acid groups is 2. The minimum absolute atomic E-state index is 0.107. The van der Waals surface area contributed by atoms with Crippen LogP contribution in [0.15, 0.2) is 0 Å². The Balaban J connectivity index is 5.22. The third-order valence-electron chi connectivity index (χ3n) is 18.5. The lowest BCUT2D eigenvalue weighted by molar-refractivity contribution is -0.161. The summed E-state index contributed by atoms with van der Waals surface area (Å²) < 4.78 is 68.6. The maximum absolute atomic E-state index is 13.1. The Hall–Kier alpha value is -1.94. The molecule has 0 heterocycles. The van der Waals surface area contributed by atoms with Gasteiger partial charge in [-0.15, -0.1) is 0 Å². The molecule has 0 saturated carbocycles. The minimum atomic E-state index is -4.96. The highest BCUT2D eigenvalue weighted by Crippen LogP contribution is 2.45. The number of phosphoric ester groups is 2. The smallest absolute Gasteiger partial charge is 0.462 e. The van der Waals surface area contributed by atoms with Gasteiger partial charge in [0.2, 0.25) is 0 Å². The fraction of sp³-hybridized carbons (Fsp3) is 0.949. The van der Waals surface area contributed by atoms with Crippen molar-refractivity contribution in [3.8, 4) is 0 Å². The van der Waals surface area contributed by atoms with Crippen LogP contribution in [0.2, 0.25) is 0 Å². The van der Waals surface area contributed by atoms with Crippen LogP contribution in [0.25, 0.3) is 0 Å². The SMILES string of the molecule is CCCCCCCCCCCCCCCCCCCC(=O)OC[C@H](COP(=O)(O)OC[C@@H](O)COP(=O)(O)OC[C@@H](COC(=O)CCCCCCCCC(C)C)OC(=O)CCCCCCCCCCCCCCC)OC(=O)CCCCCCCCCCCCCCCCCCC(C)C. The lowest BCUT2D eigenvalue weighted by atomic mass is 10.0. The Morgan fingerprint density at radius 1 is 0.276 bits per heavy atom. The zero-order chi connectivity index (χ0) is 72.1. The van der Waals surface area contributed by atoms with Crippen molar-refractivity contribution in [3.05, 3.63) is 0 Å². The molecule has 3 N–H and O–H groups in total. The summed E-state index contributed by atoms with van der Waals surface area (Å²) in [4.78, 5) is 72.9. The molecule has 0 aliphatic carbocycles. The molecule has 98 heavy (non-hydrogen) atoms. The molecule has 5 atom stereocenters. The first-order chi connectivity index (χ1) is 47.4. The Morgan fingerprint density at radius 3 is 0.694 bits per heavy atom. The Bertz CT molecular complexity index is 1890. The number of rotatable bonds is 78. The maximum Gasteiger partial charge on any atom is 0.472 e. The highest BCUT2D eigenvalue weighted by atomic mass is 31.2. The van der Waals surface area contributed by atoms with E-state index in [2.05, 4.69) is 41.5 Å². The van der Waals surface area contributed by atoms with Crippen LogP contribution in [0.4, 0.5) is 0 Å². The summed E-state index contributed by atoms with van der Waals surface area (Å²) in [5.41, 5.74) is 0. The number of unbranched alkanes of at least 4 members (excludes halogenated alkanes) is 48. The third-order valence-corrected chi connectivity index (χ3v) is 20.4. The van der Waals surface area contributed by atoms with E-state index < -0.39 is 97.5 Å². The van der Waals surface area contributed by atoms with Crippen LogP contribution in [0.3, 0.4) is 0 Å². The van der Waals surface area contributed by atoms with Gasteiger partial charge in [-0.2, -0.15) is 0 Å². The highest BCUT2D eigenvalue weighted by molar-refractivity contribution is 7.47. The molecule has 0 radical (unpaired) electrons. The van der Waals surface area contributed by atoms with E-state index >= 15 is 0 Å². The average Bonchev–Trinajstić information content (AvgIpc) is 0.937. The molecule has 17 nitrogen and oxygen atoms in total. The molecule has 0 saturated heterocycles. The fourth-order valence-corrected chi connectivity index (χ4v) is 13.8. The van der Waals surface area contributed by atoms with E-state index in [4.69, 9.17) is 37.0 Å². The van der Waals surface area contributed by atoms with E-state index in [-0.39, 0.29) is 25.7 Å². The van der Waals surface area contributed by atoms with Crippen LogP contribution in [0.5, 0.6) is 0 Å². The van der Waals surface area contributed by atoms with E-state index in [9.17, 15) is 43.2 Å². The van der Waals surface area contributed by atoms with Gasteiger partial charge in [-0.1, -0.05) is 363 Å². The van der Waals surface area contributed by atoms with Gasteiger partial charge in [-0.05, 0) is 37.5 Å². The molecular weight excluding hydrogens is 1280 g/mol. The summed E-state index contributed by atoms with van der Waals surface area (Å²) in [6.07, 6.45) is 59.8. The standard InChI is InChI=1S/C79H154O17P2/c1-7-9-11-13-15-17-19-21-22-23-27-31-34-38-42-49-55-61-76(81)89-67-74(95-78(83)64-58-52-44-40-36-32-28-25-24-26-30-33-37-41-47-53-59-71(3)4)69-93-97(85,86)91-65-73(80)66-92-98(87,88)94-70-75(68-90-77(82)62-56-50-46-45-48-54-60-72(5)6)96-79(84)63-57-51-43-39-35-29-20-18-16-14-12-10-8-2/h71-75,80H,7-70H2,1-6H3,(H,85,86)(H,87,88)/t73-,74-,75-/m1/s1. The number of esters is 4. The van der Waals surface area contributed by atoms with E-state index in [0.717, 1.165) is 102 Å². The van der Waals surface area contributed by atoms with Crippen molar-refractivity contribution in [2.24, 2.45) is 11.8 Å². The zero-order valence-electron chi connectivity index (χ0n) is 64.1. The van der Waals surface area contributed by atoms with Crippen LogP contribution in [0, 0.1) is 11.8 Å². The monoisotopic (exact) mass is 1440 g/mol. The van der Waals surface area contributed by atoms with Crippen molar-refractivity contribution in [1.82, 2.24) is 0 Å². The van der Waals surface area contributed by atoms with Crippen molar-refractivity contribution >= 4 is 39.5 Å². The van der Waals surface area contributed by atoms with Crippen molar-refractivity contribution in [3.63, 3.8) is 0 Å². The molecular formula is C79H154O17P2. The van der Waals surface area contributed by atoms with E-state index in [1.165, 1.54) is 225 Å². The van der Waals surface area contributed by atoms with Crippen molar-refractivity contribution in [2.75, 3.05) is 39.6 Å². The molecule has 0 rings (SSSR count). The van der Waals surface area contributed by atoms with Gasteiger partial charge >= 0.3 is 39.5 Å². The fourth-order valence-electron chi connectivity index (χ4n) is 12.2. The van der Waals surface area contributed by atoms with Crippen LogP contribution in [-0.4, -0.2) is 96.7 Å². The molecule has 0 aliphatic heterocycles. The predicted molar refractivity (Wildman–Crippen MR) is 400 cm³/mol. The van der Waals surface area contributed by atoms with Crippen molar-refractivity contribution in [1.29, 1.82) is 0 Å². The number of hydrogen-bond donors (Lipinski definition) is 3. The molecule has 0 aromatic heterocycles. The number of aliphatic hydroxyl groups excluding tert-OH is 1. The second kappa shape index (κ2) is 70.7. The highest BCUT2D eigenvalue weighted by Gasteiger charge is 2.30. The Labute approximate surface area is 600 Å². The van der Waals surface area contributed by atoms with Gasteiger partial charge in [-0.3, -0.25) is 37.3 Å².